The summed E-state index contributed by atoms with van der Waals surface area (Å²) in [5, 5.41) is 0. The van der Waals surface area contributed by atoms with Crippen molar-refractivity contribution in [3.8, 4) is 17.2 Å². The van der Waals surface area contributed by atoms with Crippen LogP contribution in [0.4, 0.5) is 0 Å². The molecule has 0 radical (unpaired) electrons. The van der Waals surface area contributed by atoms with E-state index in [4.69, 9.17) is 19.9 Å². The van der Waals surface area contributed by atoms with Gasteiger partial charge < -0.3 is 19.9 Å². The molecule has 1 atom stereocenters. The zero-order valence-corrected chi connectivity index (χ0v) is 13.2. The zero-order valence-electron chi connectivity index (χ0n) is 13.2. The first-order chi connectivity index (χ1) is 10.2. The van der Waals surface area contributed by atoms with Crippen LogP contribution < -0.4 is 19.9 Å². The average molecular weight is 294 g/mol. The third-order valence-corrected chi connectivity index (χ3v) is 4.07. The Morgan fingerprint density at radius 1 is 1.14 bits per heavy atom. The Morgan fingerprint density at radius 2 is 1.81 bits per heavy atom. The molecule has 0 aromatic heterocycles. The second-order valence-electron chi connectivity index (χ2n) is 5.51. The molecule has 2 N–H and O–H groups in total. The van der Waals surface area contributed by atoms with Crippen LogP contribution >= 0.6 is 0 Å². The van der Waals surface area contributed by atoms with Crippen LogP contribution in [0.15, 0.2) is 12.1 Å². The van der Waals surface area contributed by atoms with E-state index < -0.39 is 0 Å². The van der Waals surface area contributed by atoms with Gasteiger partial charge in [-0.15, -0.1) is 0 Å². The van der Waals surface area contributed by atoms with Crippen LogP contribution in [-0.4, -0.2) is 45.9 Å². The van der Waals surface area contributed by atoms with E-state index in [2.05, 4.69) is 4.90 Å². The average Bonchev–Trinajstić information content (AvgIpc) is 2.53. The first kappa shape index (κ1) is 15.9. The molecule has 118 valence electrons. The van der Waals surface area contributed by atoms with Crippen LogP contribution in [0.25, 0.3) is 0 Å². The van der Waals surface area contributed by atoms with Crippen molar-refractivity contribution in [3.05, 3.63) is 17.7 Å². The van der Waals surface area contributed by atoms with Crippen LogP contribution in [0.3, 0.4) is 0 Å². The summed E-state index contributed by atoms with van der Waals surface area (Å²) in [6, 6.07) is 4.04. The molecule has 1 aromatic rings. The van der Waals surface area contributed by atoms with E-state index in [1.54, 1.807) is 21.3 Å². The fraction of sp³-hybridized carbons (Fsp3) is 0.625. The predicted molar refractivity (Wildman–Crippen MR) is 83.2 cm³/mol. The first-order valence-electron chi connectivity index (χ1n) is 7.43. The predicted octanol–water partition coefficient (Wildman–Crippen LogP) is 1.88. The number of nitrogens with two attached hydrogens (primary N) is 1. The van der Waals surface area contributed by atoms with Gasteiger partial charge >= 0.3 is 0 Å². The number of methoxy groups -OCH3 is 3. The van der Waals surface area contributed by atoms with E-state index in [0.717, 1.165) is 26.2 Å². The number of hydrogen-bond acceptors (Lipinski definition) is 5. The molecule has 1 unspecified atom stereocenters. The molecule has 5 nitrogen and oxygen atoms in total. The Morgan fingerprint density at radius 3 is 2.33 bits per heavy atom. The van der Waals surface area contributed by atoms with E-state index in [1.807, 2.05) is 12.1 Å². The van der Waals surface area contributed by atoms with Gasteiger partial charge in [-0.2, -0.15) is 0 Å². The zero-order chi connectivity index (χ0) is 15.2. The van der Waals surface area contributed by atoms with Gasteiger partial charge in [0, 0.05) is 13.1 Å². The number of likely N-dealkylation sites (tertiary alicyclic amines) is 1. The molecule has 1 saturated heterocycles. The molecule has 0 aliphatic carbocycles. The highest BCUT2D eigenvalue weighted by Gasteiger charge is 2.20. The van der Waals surface area contributed by atoms with Crippen LogP contribution in [0.1, 0.15) is 18.4 Å². The second-order valence-corrected chi connectivity index (χ2v) is 5.51. The van der Waals surface area contributed by atoms with E-state index in [0.29, 0.717) is 23.2 Å². The smallest absolute Gasteiger partial charge is 0.203 e. The minimum atomic E-state index is 0.612. The normalized spacial score (nSPS) is 19.3. The Bertz CT molecular complexity index is 440. The lowest BCUT2D eigenvalue weighted by atomic mass is 9.98. The second kappa shape index (κ2) is 7.52. The highest BCUT2D eigenvalue weighted by Crippen LogP contribution is 2.38. The van der Waals surface area contributed by atoms with E-state index >= 15 is 0 Å². The summed E-state index contributed by atoms with van der Waals surface area (Å²) >= 11 is 0. The largest absolute Gasteiger partial charge is 0.493 e. The van der Waals surface area contributed by atoms with Crippen molar-refractivity contribution in [2.45, 2.75) is 19.4 Å². The molecule has 0 bridgehead atoms. The van der Waals surface area contributed by atoms with Crippen molar-refractivity contribution in [1.29, 1.82) is 0 Å². The molecule has 0 amide bonds. The van der Waals surface area contributed by atoms with Gasteiger partial charge in [-0.25, -0.2) is 0 Å². The van der Waals surface area contributed by atoms with Gasteiger partial charge in [0.1, 0.15) is 0 Å². The lowest BCUT2D eigenvalue weighted by Gasteiger charge is -2.32. The summed E-state index contributed by atoms with van der Waals surface area (Å²) < 4.78 is 16.2. The Balaban J connectivity index is 2.16. The summed E-state index contributed by atoms with van der Waals surface area (Å²) in [6.45, 7) is 3.83. The molecule has 2 rings (SSSR count). The SMILES string of the molecule is COc1cc(CN2CCCC(CN)C2)cc(OC)c1OC. The maximum Gasteiger partial charge on any atom is 0.203 e. The standard InChI is InChI=1S/C16H26N2O3/c1-19-14-7-13(8-15(20-2)16(14)21-3)11-18-6-4-5-12(9-17)10-18/h7-8,12H,4-6,9-11,17H2,1-3H3. The monoisotopic (exact) mass is 294 g/mol. The highest BCUT2D eigenvalue weighted by molar-refractivity contribution is 5.53. The minimum Gasteiger partial charge on any atom is -0.493 e. The number of nitrogens with zero attached hydrogens (tertiary/aromatic N) is 1. The maximum absolute atomic E-state index is 5.80. The van der Waals surface area contributed by atoms with Crippen molar-refractivity contribution >= 4 is 0 Å². The fourth-order valence-electron chi connectivity index (χ4n) is 2.97. The first-order valence-corrected chi connectivity index (χ1v) is 7.43. The van der Waals surface area contributed by atoms with Gasteiger partial charge in [0.2, 0.25) is 5.75 Å². The Kier molecular flexibility index (Phi) is 5.70. The van der Waals surface area contributed by atoms with Crippen molar-refractivity contribution < 1.29 is 14.2 Å². The summed E-state index contributed by atoms with van der Waals surface area (Å²) in [5.41, 5.74) is 6.97. The summed E-state index contributed by atoms with van der Waals surface area (Å²) in [4.78, 5) is 2.45. The lowest BCUT2D eigenvalue weighted by molar-refractivity contribution is 0.170. The molecule has 5 heteroatoms. The molecule has 1 aliphatic heterocycles. The third-order valence-electron chi connectivity index (χ3n) is 4.07. The highest BCUT2D eigenvalue weighted by atomic mass is 16.5. The minimum absolute atomic E-state index is 0.612. The third kappa shape index (κ3) is 3.80. The van der Waals surface area contributed by atoms with Gasteiger partial charge in [0.05, 0.1) is 21.3 Å². The maximum atomic E-state index is 5.80. The Hall–Kier alpha value is -1.46. The van der Waals surface area contributed by atoms with Crippen LogP contribution in [0.5, 0.6) is 17.2 Å². The number of benzene rings is 1. The fourth-order valence-corrected chi connectivity index (χ4v) is 2.97. The Labute approximate surface area is 127 Å². The molecule has 1 aromatic carbocycles. The van der Waals surface area contributed by atoms with E-state index in [9.17, 15) is 0 Å². The van der Waals surface area contributed by atoms with Crippen LogP contribution in [0, 0.1) is 5.92 Å². The number of piperidine rings is 1. The number of ether oxygens (including phenoxy) is 3. The topological polar surface area (TPSA) is 57.0 Å². The molecule has 1 aliphatic rings. The summed E-state index contributed by atoms with van der Waals surface area (Å²) in [6.07, 6.45) is 2.45. The van der Waals surface area contributed by atoms with Crippen LogP contribution in [0.2, 0.25) is 0 Å². The molecule has 0 spiro atoms. The molecular formula is C16H26N2O3. The molecule has 21 heavy (non-hydrogen) atoms. The molecule has 1 fully saturated rings. The van der Waals surface area contributed by atoms with Crippen molar-refractivity contribution in [2.24, 2.45) is 11.7 Å². The quantitative estimate of drug-likeness (QED) is 0.868. The van der Waals surface area contributed by atoms with E-state index in [-0.39, 0.29) is 0 Å². The van der Waals surface area contributed by atoms with Crippen molar-refractivity contribution in [3.63, 3.8) is 0 Å². The van der Waals surface area contributed by atoms with Gasteiger partial charge in [-0.05, 0) is 49.5 Å². The summed E-state index contributed by atoms with van der Waals surface area (Å²) in [5.74, 6) is 2.67. The number of rotatable bonds is 6. The van der Waals surface area contributed by atoms with E-state index in [1.165, 1.54) is 18.4 Å². The molecule has 0 saturated carbocycles. The van der Waals surface area contributed by atoms with Crippen molar-refractivity contribution in [1.82, 2.24) is 4.90 Å². The molecule has 1 heterocycles. The van der Waals surface area contributed by atoms with Crippen LogP contribution in [-0.2, 0) is 6.54 Å². The number of hydrogen-bond donors (Lipinski definition) is 1. The van der Waals surface area contributed by atoms with Gasteiger partial charge in [-0.1, -0.05) is 0 Å². The van der Waals surface area contributed by atoms with Gasteiger partial charge in [-0.3, -0.25) is 4.90 Å². The van der Waals surface area contributed by atoms with Crippen molar-refractivity contribution in [2.75, 3.05) is 41.0 Å². The summed E-state index contributed by atoms with van der Waals surface area (Å²) in [7, 11) is 4.91. The van der Waals surface area contributed by atoms with Gasteiger partial charge in [0.15, 0.2) is 11.5 Å². The molecular weight excluding hydrogens is 268 g/mol. The van der Waals surface area contributed by atoms with Gasteiger partial charge in [0.25, 0.3) is 0 Å². The lowest BCUT2D eigenvalue weighted by Crippen LogP contribution is -2.37.